The molecule has 0 aromatic heterocycles. The molecule has 1 aromatic rings. The van der Waals surface area contributed by atoms with Crippen LogP contribution in [0.1, 0.15) is 150 Å². The maximum atomic E-state index is 13.0. The fraction of sp³-hybridized carbons (Fsp3) is 0.756. The van der Waals surface area contributed by atoms with Crippen LogP contribution in [0.15, 0.2) is 35.5 Å². The monoisotopic (exact) mass is 767 g/mol. The minimum Gasteiger partial charge on any atom is -0.494 e. The van der Waals surface area contributed by atoms with Crippen LogP contribution in [0.25, 0.3) is 0 Å². The predicted molar refractivity (Wildman–Crippen MR) is 222 cm³/mol. The summed E-state index contributed by atoms with van der Waals surface area (Å²) in [6.45, 7) is 19.5. The van der Waals surface area contributed by atoms with Crippen molar-refractivity contribution in [2.45, 2.75) is 163 Å². The molecule has 1 saturated heterocycles. The van der Waals surface area contributed by atoms with Gasteiger partial charge in [0, 0.05) is 50.0 Å². The molecule has 55 heavy (non-hydrogen) atoms. The highest BCUT2D eigenvalue weighted by Gasteiger charge is 2.48. The minimum absolute atomic E-state index is 0.0369. The molecule has 10 nitrogen and oxygen atoms in total. The zero-order valence-corrected chi connectivity index (χ0v) is 35.5. The van der Waals surface area contributed by atoms with E-state index in [2.05, 4.69) is 43.2 Å². The van der Waals surface area contributed by atoms with E-state index in [-0.39, 0.29) is 17.4 Å². The van der Waals surface area contributed by atoms with E-state index < -0.39 is 11.7 Å². The van der Waals surface area contributed by atoms with Gasteiger partial charge < -0.3 is 35.5 Å². The van der Waals surface area contributed by atoms with Gasteiger partial charge in [-0.05, 0) is 152 Å². The van der Waals surface area contributed by atoms with E-state index in [1.54, 1.807) is 0 Å². The van der Waals surface area contributed by atoms with Crippen molar-refractivity contribution in [2.75, 3.05) is 39.4 Å². The quantitative estimate of drug-likeness (QED) is 0.0775. The molecular weight excluding hydrogens is 691 g/mol. The van der Waals surface area contributed by atoms with Crippen molar-refractivity contribution in [3.8, 4) is 5.75 Å². The van der Waals surface area contributed by atoms with Crippen LogP contribution in [0, 0.1) is 16.7 Å². The van der Waals surface area contributed by atoms with Gasteiger partial charge in [0.1, 0.15) is 11.9 Å². The van der Waals surface area contributed by atoms with E-state index in [9.17, 15) is 9.59 Å². The summed E-state index contributed by atoms with van der Waals surface area (Å²) in [5.41, 5.74) is 10.2. The van der Waals surface area contributed by atoms with Crippen LogP contribution < -0.4 is 26.5 Å². The van der Waals surface area contributed by atoms with Crippen LogP contribution in [0.3, 0.4) is 0 Å². The van der Waals surface area contributed by atoms with Crippen LogP contribution in [-0.4, -0.2) is 79.8 Å². The fourth-order valence-electron chi connectivity index (χ4n) is 7.97. The Labute approximate surface area is 333 Å². The van der Waals surface area contributed by atoms with E-state index in [1.807, 2.05) is 45.0 Å². The van der Waals surface area contributed by atoms with Crippen molar-refractivity contribution in [1.82, 2.24) is 15.5 Å². The number of amides is 2. The lowest BCUT2D eigenvalue weighted by Gasteiger charge is -2.34. The largest absolute Gasteiger partial charge is 0.494 e. The van der Waals surface area contributed by atoms with Gasteiger partial charge >= 0.3 is 6.09 Å². The summed E-state index contributed by atoms with van der Waals surface area (Å²) in [5.74, 6) is 1.26. The molecule has 0 bridgehead atoms. The highest BCUT2D eigenvalue weighted by atomic mass is 16.6. The predicted octanol–water partition coefficient (Wildman–Crippen LogP) is 7.08. The Morgan fingerprint density at radius 1 is 1.02 bits per heavy atom. The third kappa shape index (κ3) is 14.4. The molecule has 310 valence electrons. The number of nitrogens with two attached hydrogens (primary N) is 2. The average molecular weight is 767 g/mol. The van der Waals surface area contributed by atoms with Crippen LogP contribution in [-0.2, 0) is 14.3 Å². The summed E-state index contributed by atoms with van der Waals surface area (Å²) in [7, 11) is 0. The molecule has 1 heterocycles. The molecule has 1 spiro atoms. The summed E-state index contributed by atoms with van der Waals surface area (Å²) in [6, 6.07) is 8.37. The molecule has 2 aliphatic carbocycles. The average Bonchev–Trinajstić information content (AvgIpc) is 3.76. The molecule has 10 heteroatoms. The molecule has 0 radical (unpaired) electrons. The second-order valence-corrected chi connectivity index (χ2v) is 18.2. The van der Waals surface area contributed by atoms with Crippen LogP contribution in [0.5, 0.6) is 5.75 Å². The molecule has 3 fully saturated rings. The third-order valence-electron chi connectivity index (χ3n) is 12.6. The van der Waals surface area contributed by atoms with E-state index in [0.717, 1.165) is 112 Å². The van der Waals surface area contributed by atoms with Gasteiger partial charge in [-0.3, -0.25) is 10.2 Å². The lowest BCUT2D eigenvalue weighted by atomic mass is 9.80. The summed E-state index contributed by atoms with van der Waals surface area (Å²) >= 11 is 0. The van der Waals surface area contributed by atoms with Crippen molar-refractivity contribution in [3.05, 3.63) is 41.1 Å². The van der Waals surface area contributed by atoms with Crippen LogP contribution in [0.2, 0.25) is 0 Å². The van der Waals surface area contributed by atoms with E-state index in [4.69, 9.17) is 25.4 Å². The Kier molecular flexibility index (Phi) is 16.9. The van der Waals surface area contributed by atoms with Gasteiger partial charge in [0.05, 0.1) is 18.1 Å². The highest BCUT2D eigenvalue weighted by molar-refractivity contribution is 5.99. The van der Waals surface area contributed by atoms with Crippen molar-refractivity contribution in [1.29, 1.82) is 0 Å². The number of nitrogens with zero attached hydrogens (tertiary/aromatic N) is 1. The summed E-state index contributed by atoms with van der Waals surface area (Å²) in [6.07, 6.45) is 14.0. The summed E-state index contributed by atoms with van der Waals surface area (Å²) in [4.78, 5) is 27.6. The molecule has 3 aliphatic rings. The van der Waals surface area contributed by atoms with E-state index >= 15 is 0 Å². The molecule has 3 unspecified atom stereocenters. The van der Waals surface area contributed by atoms with Crippen molar-refractivity contribution in [3.63, 3.8) is 0 Å². The molecule has 3 atom stereocenters. The van der Waals surface area contributed by atoms with E-state index in [0.29, 0.717) is 50.0 Å². The lowest BCUT2D eigenvalue weighted by Crippen LogP contribution is -2.46. The zero-order valence-electron chi connectivity index (χ0n) is 35.5. The molecule has 6 N–H and O–H groups in total. The maximum absolute atomic E-state index is 13.0. The summed E-state index contributed by atoms with van der Waals surface area (Å²) < 4.78 is 18.1. The van der Waals surface area contributed by atoms with Crippen molar-refractivity contribution < 1.29 is 29.2 Å². The topological polar surface area (TPSA) is 141 Å². The Hall–Kier alpha value is -3.11. The third-order valence-corrected chi connectivity index (χ3v) is 12.6. The number of ether oxygens (including phenoxy) is 3. The van der Waals surface area contributed by atoms with Gasteiger partial charge in [-0.15, -0.1) is 0 Å². The number of benzene rings is 1. The minimum atomic E-state index is -0.536. The number of likely N-dealkylation sites (tertiary alicyclic amines) is 1. The lowest BCUT2D eigenvalue weighted by molar-refractivity contribution is -0.130. The number of hydrogen-bond donors (Lipinski definition) is 4. The number of allylic oxidation sites excluding steroid dienone is 2. The van der Waals surface area contributed by atoms with Crippen LogP contribution >= 0.6 is 0 Å². The normalized spacial score (nSPS) is 21.4. The zero-order chi connectivity index (χ0) is 40.1. The van der Waals surface area contributed by atoms with Gasteiger partial charge in [0.25, 0.3) is 0 Å². The second kappa shape index (κ2) is 20.9. The standard InChI is InChI=1S/C45H75N5O5/c1-8-9-29-53-36-19-17-35(18-20-36)41(47)39-15-13-14-37(21-22-38(39)33(2)46)55-42(52)49-31-44(6,7)54-30-26-43(4,5)34(3)48-27-12-10-11-16-40(51)50-28-25-45(32-50)23-24-45/h17-20,34,37,39,47-48H,8-16,21-32,46H2,1-7H3,(H,49,52)/p+1/b38-33-,47-41?. The van der Waals surface area contributed by atoms with Gasteiger partial charge in [-0.1, -0.05) is 33.6 Å². The number of alkyl carbamates (subject to hydrolysis) is 1. The second-order valence-electron chi connectivity index (χ2n) is 18.2. The SMILES string of the molecule is CCCCOc1ccc(C(=[NH2+])C2CCCC(OC(=O)NCC(C)(C)OCCC(C)(C)C(C)NCCCCCC(=O)N3CCC4(CC4)C3)CC/C2=C(\C)N)cc1. The first-order valence-corrected chi connectivity index (χ1v) is 21.5. The first-order valence-electron chi connectivity index (χ1n) is 21.5. The number of rotatable bonds is 21. The highest BCUT2D eigenvalue weighted by Crippen LogP contribution is 2.52. The molecule has 4 rings (SSSR count). The fourth-order valence-corrected chi connectivity index (χ4v) is 7.97. The first-order chi connectivity index (χ1) is 26.1. The van der Waals surface area contributed by atoms with Crippen molar-refractivity contribution in [2.24, 2.45) is 22.5 Å². The van der Waals surface area contributed by atoms with Gasteiger partial charge in [0.2, 0.25) is 5.91 Å². The number of unbranched alkanes of at least 4 members (excludes halogenated alkanes) is 3. The van der Waals surface area contributed by atoms with Crippen LogP contribution in [0.4, 0.5) is 4.79 Å². The van der Waals surface area contributed by atoms with Gasteiger partial charge in [-0.2, -0.15) is 0 Å². The van der Waals surface area contributed by atoms with Gasteiger partial charge in [-0.25, -0.2) is 4.79 Å². The molecular formula is C45H76N5O5+. The molecule has 2 amide bonds. The van der Waals surface area contributed by atoms with Crippen molar-refractivity contribution >= 4 is 17.7 Å². The number of nitrogens with one attached hydrogen (secondary N) is 2. The first kappa shape index (κ1) is 44.6. The smallest absolute Gasteiger partial charge is 0.407 e. The Balaban J connectivity index is 1.10. The molecule has 2 saturated carbocycles. The number of hydrogen-bond acceptors (Lipinski definition) is 7. The van der Waals surface area contributed by atoms with E-state index in [1.165, 1.54) is 19.3 Å². The number of carbonyl (C=O) groups is 2. The molecule has 1 aliphatic heterocycles. The molecule has 1 aromatic carbocycles. The number of carbonyl (C=O) groups excluding carboxylic acids is 2. The Morgan fingerprint density at radius 2 is 1.76 bits per heavy atom. The Bertz CT molecular complexity index is 1410. The maximum Gasteiger partial charge on any atom is 0.407 e. The Morgan fingerprint density at radius 3 is 2.44 bits per heavy atom. The van der Waals surface area contributed by atoms with Gasteiger partial charge in [0.15, 0.2) is 5.71 Å². The summed E-state index contributed by atoms with van der Waals surface area (Å²) in [5, 5.41) is 13.5.